The van der Waals surface area contributed by atoms with Gasteiger partial charge in [-0.25, -0.2) is 0 Å². The molecule has 2 N–H and O–H groups in total. The van der Waals surface area contributed by atoms with Crippen LogP contribution in [0.15, 0.2) is 28.7 Å². The van der Waals surface area contributed by atoms with Gasteiger partial charge in [0.1, 0.15) is 11.9 Å². The molecule has 0 spiro atoms. The largest absolute Gasteiger partial charge is 0.485 e. The summed E-state index contributed by atoms with van der Waals surface area (Å²) in [6.45, 7) is 8.43. The lowest BCUT2D eigenvalue weighted by molar-refractivity contribution is 0.100. The monoisotopic (exact) mass is 395 g/mol. The molecule has 1 unspecified atom stereocenters. The molecule has 1 aromatic heterocycles. The number of thiophene rings is 1. The van der Waals surface area contributed by atoms with Crippen LogP contribution in [0.1, 0.15) is 52.0 Å². The van der Waals surface area contributed by atoms with Crippen molar-refractivity contribution in [2.45, 2.75) is 40.2 Å². The maximum atomic E-state index is 11.3. The molecule has 1 heterocycles. The summed E-state index contributed by atoms with van der Waals surface area (Å²) in [6, 6.07) is 7.79. The van der Waals surface area contributed by atoms with Gasteiger partial charge in [-0.3, -0.25) is 4.79 Å². The van der Waals surface area contributed by atoms with Crippen LogP contribution in [0.25, 0.3) is 0 Å². The minimum absolute atomic E-state index is 0.0759. The van der Waals surface area contributed by atoms with Gasteiger partial charge in [-0.2, -0.15) is 0 Å². The first kappa shape index (κ1) is 18.0. The van der Waals surface area contributed by atoms with E-state index in [0.717, 1.165) is 32.6 Å². The van der Waals surface area contributed by atoms with E-state index < -0.39 is 0 Å². The summed E-state index contributed by atoms with van der Waals surface area (Å²) >= 11 is 4.99. The summed E-state index contributed by atoms with van der Waals surface area (Å²) in [7, 11) is 0. The van der Waals surface area contributed by atoms with Crippen LogP contribution in [-0.4, -0.2) is 5.91 Å². The van der Waals surface area contributed by atoms with Crippen molar-refractivity contribution in [1.29, 1.82) is 0 Å². The Kier molecular flexibility index (Phi) is 5.87. The van der Waals surface area contributed by atoms with E-state index in [4.69, 9.17) is 10.5 Å². The number of hydrogen-bond acceptors (Lipinski definition) is 3. The molecular formula is C18H22BrNO2S. The summed E-state index contributed by atoms with van der Waals surface area (Å²) < 4.78 is 7.37. The van der Waals surface area contributed by atoms with E-state index in [9.17, 15) is 4.79 Å². The predicted molar refractivity (Wildman–Crippen MR) is 99.3 cm³/mol. The minimum Gasteiger partial charge on any atom is -0.485 e. The third kappa shape index (κ3) is 4.58. The fourth-order valence-electron chi connectivity index (χ4n) is 2.45. The average molecular weight is 396 g/mol. The number of carbonyl (C=O) groups is 1. The number of ether oxygens (including phenoxy) is 1. The van der Waals surface area contributed by atoms with Crippen LogP contribution in [-0.2, 0) is 0 Å². The van der Waals surface area contributed by atoms with Crippen molar-refractivity contribution < 1.29 is 9.53 Å². The number of carbonyl (C=O) groups excluding carboxylic acids is 1. The van der Waals surface area contributed by atoms with E-state index in [2.05, 4.69) is 43.6 Å². The van der Waals surface area contributed by atoms with E-state index in [1.807, 2.05) is 18.2 Å². The Morgan fingerprint density at radius 2 is 1.87 bits per heavy atom. The number of hydrogen-bond donors (Lipinski definition) is 1. The zero-order chi connectivity index (χ0) is 17.1. The zero-order valence-electron chi connectivity index (χ0n) is 13.9. The van der Waals surface area contributed by atoms with Gasteiger partial charge in [-0.05, 0) is 61.6 Å². The van der Waals surface area contributed by atoms with Crippen LogP contribution >= 0.6 is 27.3 Å². The molecule has 0 bridgehead atoms. The van der Waals surface area contributed by atoms with Gasteiger partial charge in [-0.15, -0.1) is 11.3 Å². The summed E-state index contributed by atoms with van der Waals surface area (Å²) in [4.78, 5) is 12.9. The van der Waals surface area contributed by atoms with Crippen LogP contribution in [0, 0.1) is 19.8 Å². The first-order chi connectivity index (χ1) is 10.8. The van der Waals surface area contributed by atoms with E-state index in [-0.39, 0.29) is 12.0 Å². The molecule has 1 amide bonds. The standard InChI is InChI=1S/C18H22BrNO2S/c1-10(2)7-14(15-5-6-16(23-15)18(20)21)22-13-8-11(3)17(19)12(4)9-13/h5-6,8-10,14H,7H2,1-4H3,(H2,20,21). The Bertz CT molecular complexity index is 686. The molecule has 2 aromatic rings. The van der Waals surface area contributed by atoms with Crippen molar-refractivity contribution in [3.8, 4) is 5.75 Å². The number of halogens is 1. The van der Waals surface area contributed by atoms with Gasteiger partial charge in [0.15, 0.2) is 0 Å². The van der Waals surface area contributed by atoms with Gasteiger partial charge in [0.2, 0.25) is 0 Å². The number of amides is 1. The maximum absolute atomic E-state index is 11.3. The second-order valence-corrected chi connectivity index (χ2v) is 8.08. The molecule has 0 aliphatic heterocycles. The van der Waals surface area contributed by atoms with E-state index in [1.165, 1.54) is 11.3 Å². The molecule has 5 heteroatoms. The van der Waals surface area contributed by atoms with Crippen LogP contribution in [0.2, 0.25) is 0 Å². The lowest BCUT2D eigenvalue weighted by Crippen LogP contribution is -2.10. The second kappa shape index (κ2) is 7.49. The minimum atomic E-state index is -0.389. The average Bonchev–Trinajstić information content (AvgIpc) is 2.93. The fraction of sp³-hybridized carbons (Fsp3) is 0.389. The summed E-state index contributed by atoms with van der Waals surface area (Å²) in [5.74, 6) is 0.944. The maximum Gasteiger partial charge on any atom is 0.258 e. The molecule has 124 valence electrons. The molecular weight excluding hydrogens is 374 g/mol. The highest BCUT2D eigenvalue weighted by molar-refractivity contribution is 9.10. The number of primary amides is 1. The van der Waals surface area contributed by atoms with Gasteiger partial charge in [0.05, 0.1) is 4.88 Å². The van der Waals surface area contributed by atoms with Gasteiger partial charge < -0.3 is 10.5 Å². The molecule has 1 aromatic carbocycles. The van der Waals surface area contributed by atoms with Gasteiger partial charge in [0, 0.05) is 9.35 Å². The van der Waals surface area contributed by atoms with Gasteiger partial charge >= 0.3 is 0 Å². The number of aryl methyl sites for hydroxylation is 2. The van der Waals surface area contributed by atoms with Gasteiger partial charge in [-0.1, -0.05) is 29.8 Å². The highest BCUT2D eigenvalue weighted by Crippen LogP contribution is 2.34. The van der Waals surface area contributed by atoms with Crippen molar-refractivity contribution in [3.05, 3.63) is 49.6 Å². The first-order valence-corrected chi connectivity index (χ1v) is 9.21. The van der Waals surface area contributed by atoms with Crippen molar-refractivity contribution in [3.63, 3.8) is 0 Å². The Hall–Kier alpha value is -1.33. The van der Waals surface area contributed by atoms with Crippen LogP contribution in [0.4, 0.5) is 0 Å². The second-order valence-electron chi connectivity index (χ2n) is 6.17. The third-order valence-electron chi connectivity index (χ3n) is 3.56. The molecule has 0 fully saturated rings. The quantitative estimate of drug-likeness (QED) is 0.712. The SMILES string of the molecule is Cc1cc(OC(CC(C)C)c2ccc(C(N)=O)s2)cc(C)c1Br. The highest BCUT2D eigenvalue weighted by atomic mass is 79.9. The highest BCUT2D eigenvalue weighted by Gasteiger charge is 2.19. The van der Waals surface area contributed by atoms with E-state index >= 15 is 0 Å². The van der Waals surface area contributed by atoms with Gasteiger partial charge in [0.25, 0.3) is 5.91 Å². The lowest BCUT2D eigenvalue weighted by Gasteiger charge is -2.21. The molecule has 0 aliphatic rings. The Morgan fingerprint density at radius 1 is 1.26 bits per heavy atom. The molecule has 2 rings (SSSR count). The normalized spacial score (nSPS) is 12.4. The van der Waals surface area contributed by atoms with E-state index in [1.54, 1.807) is 6.07 Å². The smallest absolute Gasteiger partial charge is 0.258 e. The Morgan fingerprint density at radius 3 is 2.35 bits per heavy atom. The number of nitrogens with two attached hydrogens (primary N) is 1. The van der Waals surface area contributed by atoms with Crippen molar-refractivity contribution in [1.82, 2.24) is 0 Å². The predicted octanol–water partition coefficient (Wildman–Crippen LogP) is 5.39. The van der Waals surface area contributed by atoms with Crippen LogP contribution in [0.5, 0.6) is 5.75 Å². The van der Waals surface area contributed by atoms with Crippen molar-refractivity contribution in [2.24, 2.45) is 11.7 Å². The molecule has 23 heavy (non-hydrogen) atoms. The summed E-state index contributed by atoms with van der Waals surface area (Å²) in [5, 5.41) is 0. The number of rotatable bonds is 6. The number of benzene rings is 1. The molecule has 0 saturated carbocycles. The molecule has 3 nitrogen and oxygen atoms in total. The molecule has 0 radical (unpaired) electrons. The van der Waals surface area contributed by atoms with Crippen LogP contribution < -0.4 is 10.5 Å². The topological polar surface area (TPSA) is 52.3 Å². The van der Waals surface area contributed by atoms with Crippen molar-refractivity contribution in [2.75, 3.05) is 0 Å². The van der Waals surface area contributed by atoms with Crippen molar-refractivity contribution >= 4 is 33.2 Å². The molecule has 1 atom stereocenters. The Labute approximate surface area is 150 Å². The fourth-order valence-corrected chi connectivity index (χ4v) is 3.58. The van der Waals surface area contributed by atoms with E-state index in [0.29, 0.717) is 10.8 Å². The summed E-state index contributed by atoms with van der Waals surface area (Å²) in [6.07, 6.45) is 0.806. The Balaban J connectivity index is 2.30. The lowest BCUT2D eigenvalue weighted by atomic mass is 10.0. The third-order valence-corrected chi connectivity index (χ3v) is 6.00. The zero-order valence-corrected chi connectivity index (χ0v) is 16.3. The van der Waals surface area contributed by atoms with Crippen LogP contribution in [0.3, 0.4) is 0 Å². The molecule has 0 saturated heterocycles. The first-order valence-electron chi connectivity index (χ1n) is 7.61. The molecule has 0 aliphatic carbocycles. The summed E-state index contributed by atoms with van der Waals surface area (Å²) in [5.41, 5.74) is 7.65.